The Balaban J connectivity index is 2.20. The molecule has 23 heavy (non-hydrogen) atoms. The Kier molecular flexibility index (Phi) is 5.64. The largest absolute Gasteiger partial charge is 0.443 e. The highest BCUT2D eigenvalue weighted by Gasteiger charge is 2.20. The zero-order valence-corrected chi connectivity index (χ0v) is 14.9. The van der Waals surface area contributed by atoms with E-state index in [0.29, 0.717) is 35.4 Å². The van der Waals surface area contributed by atoms with Gasteiger partial charge in [-0.25, -0.2) is 14.6 Å². The lowest BCUT2D eigenvalue weighted by molar-refractivity contribution is 0.0511. The van der Waals surface area contributed by atoms with E-state index in [0.717, 1.165) is 5.57 Å². The van der Waals surface area contributed by atoms with Crippen molar-refractivity contribution in [3.63, 3.8) is 0 Å². The molecule has 7 heteroatoms. The van der Waals surface area contributed by atoms with E-state index in [-0.39, 0.29) is 0 Å². The van der Waals surface area contributed by atoms with Crippen molar-refractivity contribution in [2.75, 3.05) is 13.2 Å². The maximum Gasteiger partial charge on any atom is 0.426 e. The van der Waals surface area contributed by atoms with Crippen LogP contribution in [0, 0.1) is 5.82 Å². The molecule has 2 rings (SSSR count). The fourth-order valence-corrected chi connectivity index (χ4v) is 2.45. The lowest BCUT2D eigenvalue weighted by Crippen LogP contribution is -2.40. The van der Waals surface area contributed by atoms with Crippen molar-refractivity contribution in [1.82, 2.24) is 10.9 Å². The average Bonchev–Trinajstić information content (AvgIpc) is 2.93. The van der Waals surface area contributed by atoms with Crippen LogP contribution in [0.1, 0.15) is 32.8 Å². The Morgan fingerprint density at radius 2 is 2.09 bits per heavy atom. The van der Waals surface area contributed by atoms with Crippen LogP contribution in [0.2, 0.25) is 0 Å². The fourth-order valence-electron chi connectivity index (χ4n) is 2.12. The molecule has 1 aliphatic rings. The number of carbonyl (C=O) groups excluding carboxylic acids is 1. The summed E-state index contributed by atoms with van der Waals surface area (Å²) in [4.78, 5) is 11.8. The second kappa shape index (κ2) is 7.31. The molecule has 0 radical (unpaired) electrons. The van der Waals surface area contributed by atoms with Crippen LogP contribution in [0.4, 0.5) is 9.18 Å². The molecule has 5 nitrogen and oxygen atoms in total. The SMILES string of the molecule is CC(C)(C)OC(=O)NNC(=C1CCOC1)c1ccc(Br)cc1F. The Morgan fingerprint density at radius 3 is 2.65 bits per heavy atom. The van der Waals surface area contributed by atoms with Crippen LogP contribution < -0.4 is 10.9 Å². The molecule has 1 saturated heterocycles. The van der Waals surface area contributed by atoms with Crippen LogP contribution in [0.3, 0.4) is 0 Å². The van der Waals surface area contributed by atoms with Crippen molar-refractivity contribution in [3.8, 4) is 0 Å². The van der Waals surface area contributed by atoms with Gasteiger partial charge in [0.2, 0.25) is 0 Å². The second-order valence-electron chi connectivity index (χ2n) is 6.16. The van der Waals surface area contributed by atoms with Gasteiger partial charge in [0.05, 0.1) is 18.9 Å². The maximum absolute atomic E-state index is 14.3. The molecule has 126 valence electrons. The Bertz CT molecular complexity index is 618. The van der Waals surface area contributed by atoms with Gasteiger partial charge in [-0.15, -0.1) is 0 Å². The maximum atomic E-state index is 14.3. The summed E-state index contributed by atoms with van der Waals surface area (Å²) in [5.74, 6) is -0.396. The number of hydrogen-bond donors (Lipinski definition) is 2. The van der Waals surface area contributed by atoms with Crippen molar-refractivity contribution in [2.45, 2.75) is 32.8 Å². The van der Waals surface area contributed by atoms with Gasteiger partial charge in [-0.2, -0.15) is 0 Å². The molecule has 1 fully saturated rings. The summed E-state index contributed by atoms with van der Waals surface area (Å²) in [7, 11) is 0. The van der Waals surface area contributed by atoms with Crippen LogP contribution >= 0.6 is 15.9 Å². The smallest absolute Gasteiger partial charge is 0.426 e. The number of halogens is 2. The zero-order valence-electron chi connectivity index (χ0n) is 13.3. The second-order valence-corrected chi connectivity index (χ2v) is 7.07. The number of nitrogens with one attached hydrogen (secondary N) is 2. The first-order valence-electron chi connectivity index (χ1n) is 7.26. The third-order valence-electron chi connectivity index (χ3n) is 3.07. The monoisotopic (exact) mass is 386 g/mol. The number of hydrazine groups is 1. The first-order chi connectivity index (χ1) is 10.8. The van der Waals surface area contributed by atoms with E-state index in [1.54, 1.807) is 32.9 Å². The topological polar surface area (TPSA) is 59.6 Å². The van der Waals surface area contributed by atoms with Crippen molar-refractivity contribution < 1.29 is 18.7 Å². The minimum Gasteiger partial charge on any atom is -0.443 e. The molecule has 1 aromatic rings. The molecular formula is C16H20BrFN2O3. The lowest BCUT2D eigenvalue weighted by atomic mass is 10.1. The molecule has 1 aromatic carbocycles. The van der Waals surface area contributed by atoms with Crippen LogP contribution in [-0.4, -0.2) is 24.9 Å². The van der Waals surface area contributed by atoms with E-state index in [9.17, 15) is 9.18 Å². The molecule has 0 atom stereocenters. The number of hydrogen-bond acceptors (Lipinski definition) is 4. The number of ether oxygens (including phenoxy) is 2. The van der Waals surface area contributed by atoms with Crippen molar-refractivity contribution in [3.05, 3.63) is 39.6 Å². The van der Waals surface area contributed by atoms with Gasteiger partial charge in [0.15, 0.2) is 0 Å². The molecular weight excluding hydrogens is 367 g/mol. The van der Waals surface area contributed by atoms with Crippen LogP contribution in [0.15, 0.2) is 28.2 Å². The third kappa shape index (κ3) is 5.21. The van der Waals surface area contributed by atoms with Crippen molar-refractivity contribution >= 4 is 27.7 Å². The van der Waals surface area contributed by atoms with Gasteiger partial charge in [0, 0.05) is 10.0 Å². The molecule has 0 aliphatic carbocycles. The summed E-state index contributed by atoms with van der Waals surface area (Å²) in [5.41, 5.74) is 6.38. The highest BCUT2D eigenvalue weighted by Crippen LogP contribution is 2.26. The Morgan fingerprint density at radius 1 is 1.35 bits per heavy atom. The predicted molar refractivity (Wildman–Crippen MR) is 89.0 cm³/mol. The summed E-state index contributed by atoms with van der Waals surface area (Å²) in [6.07, 6.45) is 0.0421. The molecule has 0 spiro atoms. The standard InChI is InChI=1S/C16H20BrFN2O3/c1-16(2,3)23-15(21)20-19-14(10-6-7-22-9-10)12-5-4-11(17)8-13(12)18/h4-5,8,19H,6-7,9H2,1-3H3,(H,20,21). The van der Waals surface area contributed by atoms with E-state index in [4.69, 9.17) is 9.47 Å². The minimum absolute atomic E-state index is 0.366. The molecule has 1 aliphatic heterocycles. The first-order valence-corrected chi connectivity index (χ1v) is 8.06. The number of carbonyl (C=O) groups is 1. The molecule has 0 unspecified atom stereocenters. The third-order valence-corrected chi connectivity index (χ3v) is 3.56. The molecule has 2 N–H and O–H groups in total. The number of amides is 1. The quantitative estimate of drug-likeness (QED) is 0.776. The normalized spacial score (nSPS) is 16.9. The molecule has 0 bridgehead atoms. The fraction of sp³-hybridized carbons (Fsp3) is 0.438. The minimum atomic E-state index is -0.632. The van der Waals surface area contributed by atoms with Crippen LogP contribution in [0.5, 0.6) is 0 Å². The predicted octanol–water partition coefficient (Wildman–Crippen LogP) is 3.75. The van der Waals surface area contributed by atoms with E-state index >= 15 is 0 Å². The first kappa shape index (κ1) is 17.7. The summed E-state index contributed by atoms with van der Waals surface area (Å²) in [6, 6.07) is 4.76. The van der Waals surface area contributed by atoms with E-state index < -0.39 is 17.5 Å². The highest BCUT2D eigenvalue weighted by molar-refractivity contribution is 9.10. The zero-order chi connectivity index (χ0) is 17.0. The van der Waals surface area contributed by atoms with Gasteiger partial charge in [0.1, 0.15) is 11.4 Å². The van der Waals surface area contributed by atoms with Crippen molar-refractivity contribution in [1.29, 1.82) is 0 Å². The summed E-state index contributed by atoms with van der Waals surface area (Å²) < 4.78 is 25.4. The molecule has 0 saturated carbocycles. The lowest BCUT2D eigenvalue weighted by Gasteiger charge is -2.21. The van der Waals surface area contributed by atoms with Crippen molar-refractivity contribution in [2.24, 2.45) is 0 Å². The van der Waals surface area contributed by atoms with E-state index in [1.807, 2.05) is 0 Å². The van der Waals surface area contributed by atoms with Gasteiger partial charge in [-0.05, 0) is 51.0 Å². The Hall–Kier alpha value is -1.60. The highest BCUT2D eigenvalue weighted by atomic mass is 79.9. The molecule has 0 aromatic heterocycles. The summed E-state index contributed by atoms with van der Waals surface area (Å²) in [6.45, 7) is 6.28. The van der Waals surface area contributed by atoms with Gasteiger partial charge < -0.3 is 9.47 Å². The summed E-state index contributed by atoms with van der Waals surface area (Å²) in [5, 5.41) is 0. The van der Waals surface area contributed by atoms with Crippen LogP contribution in [-0.2, 0) is 9.47 Å². The summed E-state index contributed by atoms with van der Waals surface area (Å²) >= 11 is 3.23. The van der Waals surface area contributed by atoms with Gasteiger partial charge in [-0.3, -0.25) is 5.43 Å². The number of benzene rings is 1. The molecule has 1 amide bonds. The van der Waals surface area contributed by atoms with E-state index in [1.165, 1.54) is 6.07 Å². The molecule has 1 heterocycles. The number of rotatable bonds is 3. The Labute approximate surface area is 143 Å². The van der Waals surface area contributed by atoms with Gasteiger partial charge >= 0.3 is 6.09 Å². The van der Waals surface area contributed by atoms with Gasteiger partial charge in [-0.1, -0.05) is 15.9 Å². The van der Waals surface area contributed by atoms with Gasteiger partial charge in [0.25, 0.3) is 0 Å². The van der Waals surface area contributed by atoms with E-state index in [2.05, 4.69) is 26.8 Å². The van der Waals surface area contributed by atoms with Crippen LogP contribution in [0.25, 0.3) is 5.70 Å². The average molecular weight is 387 g/mol.